The Morgan fingerprint density at radius 3 is 0.929 bits per heavy atom. The van der Waals surface area contributed by atoms with Gasteiger partial charge in [0.1, 0.15) is 0 Å². The Balaban J connectivity index is -0.000000663. The second-order valence-corrected chi connectivity index (χ2v) is 12.1. The fourth-order valence-corrected chi connectivity index (χ4v) is 5.10. The van der Waals surface area contributed by atoms with E-state index in [-0.39, 0.29) is 44.2 Å². The van der Waals surface area contributed by atoms with Crippen molar-refractivity contribution in [2.75, 3.05) is 13.2 Å². The molecule has 0 radical (unpaired) electrons. The van der Waals surface area contributed by atoms with E-state index in [1.54, 1.807) is 0 Å². The molecule has 0 amide bonds. The molecule has 0 bridgehead atoms. The van der Waals surface area contributed by atoms with Crippen LogP contribution in [0.15, 0.2) is 12.2 Å². The summed E-state index contributed by atoms with van der Waals surface area (Å²) in [5.41, 5.74) is 0. The van der Waals surface area contributed by atoms with Crippen LogP contribution >= 0.6 is 0 Å². The van der Waals surface area contributed by atoms with E-state index < -0.39 is 22.3 Å². The summed E-state index contributed by atoms with van der Waals surface area (Å²) in [6.45, 7) is 5.01. The summed E-state index contributed by atoms with van der Waals surface area (Å²) >= 11 is 0. The fourth-order valence-electron chi connectivity index (χ4n) is 4.38. The van der Waals surface area contributed by atoms with Crippen molar-refractivity contribution < 1.29 is 67.6 Å². The van der Waals surface area contributed by atoms with E-state index in [0.29, 0.717) is 12.2 Å². The summed E-state index contributed by atoms with van der Waals surface area (Å²) in [7, 11) is -3.81. The second-order valence-electron chi connectivity index (χ2n) is 10.8. The van der Waals surface area contributed by atoms with Gasteiger partial charge in [-0.15, -0.1) is 0 Å². The van der Waals surface area contributed by atoms with Crippen molar-refractivity contribution in [1.82, 2.24) is 0 Å². The van der Waals surface area contributed by atoms with Gasteiger partial charge in [0.15, 0.2) is 0 Å². The van der Waals surface area contributed by atoms with Crippen molar-refractivity contribution >= 4 is 22.3 Å². The third kappa shape index (κ3) is 44.0. The number of carbonyl (C=O) groups is 2. The molecular formula is C32H63NaO8S. The number of carboxylic acid groups (broad SMARTS) is 2. The van der Waals surface area contributed by atoms with Crippen LogP contribution < -0.4 is 29.6 Å². The molecule has 42 heavy (non-hydrogen) atoms. The van der Waals surface area contributed by atoms with Gasteiger partial charge in [0.25, 0.3) is 0 Å². The van der Waals surface area contributed by atoms with Gasteiger partial charge >= 0.3 is 51.9 Å². The van der Waals surface area contributed by atoms with Crippen LogP contribution in [0.1, 0.15) is 169 Å². The molecule has 0 aromatic heterocycles. The molecular weight excluding hydrogens is 567 g/mol. The van der Waals surface area contributed by atoms with E-state index in [1.807, 2.05) is 0 Å². The first kappa shape index (κ1) is 46.0. The predicted octanol–water partition coefficient (Wildman–Crippen LogP) is 6.49. The molecule has 0 aromatic rings. The Morgan fingerprint density at radius 2 is 0.714 bits per heavy atom. The molecule has 0 saturated heterocycles. The molecule has 0 aliphatic carbocycles. The molecule has 0 aliphatic heterocycles. The van der Waals surface area contributed by atoms with Crippen molar-refractivity contribution in [3.8, 4) is 0 Å². The standard InChI is InChI=1S/C28H58O4S.C4H4O4.Na.H/c1-3-5-7-9-11-13-15-17-19-21-23-25-27-31-33(29,30)32-28-26-24-22-20-18-16-14-12-10-8-6-4-2;5-3(6)1-2-4(7)8;;/h3-28H2,1-2H3;1-2H,(H,5,6)(H,7,8);;/q;;+1;-1/b;2-1-;;. The maximum atomic E-state index is 11.8. The average Bonchev–Trinajstić information content (AvgIpc) is 2.93. The molecule has 0 fully saturated rings. The Labute approximate surface area is 281 Å². The quantitative estimate of drug-likeness (QED) is 0.0524. The average molecular weight is 631 g/mol. The summed E-state index contributed by atoms with van der Waals surface area (Å²) in [6.07, 6.45) is 31.3. The summed E-state index contributed by atoms with van der Waals surface area (Å²) in [5.74, 6) is -2.51. The second kappa shape index (κ2) is 36.7. The number of hydrogen-bond donors (Lipinski definition) is 2. The Kier molecular flexibility index (Phi) is 40.2. The van der Waals surface area contributed by atoms with Crippen molar-refractivity contribution in [1.29, 1.82) is 0 Å². The molecule has 2 N–H and O–H groups in total. The molecule has 0 spiro atoms. The van der Waals surface area contributed by atoms with Gasteiger partial charge in [-0.25, -0.2) is 18.0 Å². The van der Waals surface area contributed by atoms with Crippen molar-refractivity contribution in [3.05, 3.63) is 12.2 Å². The summed E-state index contributed by atoms with van der Waals surface area (Å²) in [5, 5.41) is 15.6. The molecule has 0 unspecified atom stereocenters. The van der Waals surface area contributed by atoms with Gasteiger partial charge < -0.3 is 11.6 Å². The summed E-state index contributed by atoms with van der Waals surface area (Å²) < 4.78 is 33.5. The van der Waals surface area contributed by atoms with Crippen LogP contribution in [-0.4, -0.2) is 43.8 Å². The molecule has 10 heteroatoms. The molecule has 0 atom stereocenters. The van der Waals surface area contributed by atoms with E-state index in [1.165, 1.54) is 128 Å². The fraction of sp³-hybridized carbons (Fsp3) is 0.875. The minimum absolute atomic E-state index is 0. The van der Waals surface area contributed by atoms with Gasteiger partial charge in [-0.1, -0.05) is 155 Å². The topological polar surface area (TPSA) is 127 Å². The third-order valence-electron chi connectivity index (χ3n) is 6.82. The van der Waals surface area contributed by atoms with Crippen LogP contribution in [0.2, 0.25) is 0 Å². The van der Waals surface area contributed by atoms with Gasteiger partial charge in [-0.2, -0.15) is 8.42 Å². The van der Waals surface area contributed by atoms with E-state index in [0.717, 1.165) is 25.7 Å². The first-order chi connectivity index (χ1) is 19.7. The zero-order valence-corrected chi connectivity index (χ0v) is 30.1. The van der Waals surface area contributed by atoms with Gasteiger partial charge in [-0.05, 0) is 12.8 Å². The van der Waals surface area contributed by atoms with Gasteiger partial charge in [0.2, 0.25) is 0 Å². The van der Waals surface area contributed by atoms with Crippen LogP contribution in [0.4, 0.5) is 0 Å². The molecule has 0 aromatic carbocycles. The van der Waals surface area contributed by atoms with E-state index in [2.05, 4.69) is 13.8 Å². The Morgan fingerprint density at radius 1 is 0.500 bits per heavy atom. The number of carboxylic acids is 2. The van der Waals surface area contributed by atoms with E-state index in [9.17, 15) is 18.0 Å². The molecule has 0 heterocycles. The monoisotopic (exact) mass is 630 g/mol. The van der Waals surface area contributed by atoms with Crippen LogP contribution in [-0.2, 0) is 28.4 Å². The SMILES string of the molecule is CCCCCCCCCCCCCCOS(=O)(=O)OCCCCCCCCCCCCCC.O=C(O)/C=C\C(=O)O.[H-].[Na+]. The Hall–Kier alpha value is -0.450. The molecule has 0 aliphatic rings. The Bertz CT molecular complexity index is 668. The zero-order chi connectivity index (χ0) is 30.9. The maximum Gasteiger partial charge on any atom is 1.00 e. The van der Waals surface area contributed by atoms with Crippen molar-refractivity contribution in [2.45, 2.75) is 168 Å². The van der Waals surface area contributed by atoms with E-state index >= 15 is 0 Å². The number of rotatable bonds is 30. The molecule has 0 saturated carbocycles. The smallest absolute Gasteiger partial charge is 1.00 e. The number of unbranched alkanes of at least 4 members (excludes halogenated alkanes) is 22. The van der Waals surface area contributed by atoms with Gasteiger partial charge in [0, 0.05) is 12.2 Å². The number of aliphatic carboxylic acids is 2. The summed E-state index contributed by atoms with van der Waals surface area (Å²) in [6, 6.07) is 0. The minimum Gasteiger partial charge on any atom is -1.00 e. The van der Waals surface area contributed by atoms with Crippen LogP contribution in [0.25, 0.3) is 0 Å². The van der Waals surface area contributed by atoms with Crippen LogP contribution in [0.5, 0.6) is 0 Å². The first-order valence-electron chi connectivity index (χ1n) is 16.4. The van der Waals surface area contributed by atoms with Crippen LogP contribution in [0, 0.1) is 0 Å². The largest absolute Gasteiger partial charge is 1.00 e. The molecule has 0 rings (SSSR count). The van der Waals surface area contributed by atoms with Gasteiger partial charge in [-0.3, -0.25) is 0 Å². The van der Waals surface area contributed by atoms with Crippen LogP contribution in [0.3, 0.4) is 0 Å². The minimum atomic E-state index is -3.81. The first-order valence-corrected chi connectivity index (χ1v) is 17.8. The normalized spacial score (nSPS) is 11.2. The van der Waals surface area contributed by atoms with Gasteiger partial charge in [0.05, 0.1) is 13.2 Å². The van der Waals surface area contributed by atoms with Crippen molar-refractivity contribution in [2.24, 2.45) is 0 Å². The molecule has 8 nitrogen and oxygen atoms in total. The summed E-state index contributed by atoms with van der Waals surface area (Å²) in [4.78, 5) is 19.1. The van der Waals surface area contributed by atoms with Crippen molar-refractivity contribution in [3.63, 3.8) is 0 Å². The van der Waals surface area contributed by atoms with E-state index in [4.69, 9.17) is 18.6 Å². The molecule has 246 valence electrons. The number of hydrogen-bond acceptors (Lipinski definition) is 6. The maximum absolute atomic E-state index is 11.8. The zero-order valence-electron chi connectivity index (χ0n) is 28.3. The predicted molar refractivity (Wildman–Crippen MR) is 169 cm³/mol. The third-order valence-corrected chi connectivity index (χ3v) is 7.73.